The van der Waals surface area contributed by atoms with Gasteiger partial charge >= 0.3 is 5.69 Å². The van der Waals surface area contributed by atoms with E-state index in [4.69, 9.17) is 0 Å². The van der Waals surface area contributed by atoms with Crippen molar-refractivity contribution in [3.8, 4) is 17.0 Å². The zero-order valence-electron chi connectivity index (χ0n) is 15.6. The Bertz CT molecular complexity index is 1140. The molecule has 142 valence electrons. The van der Waals surface area contributed by atoms with Crippen molar-refractivity contribution in [2.24, 2.45) is 7.05 Å². The second-order valence-corrected chi connectivity index (χ2v) is 7.70. The summed E-state index contributed by atoms with van der Waals surface area (Å²) < 4.78 is 2.70. The van der Waals surface area contributed by atoms with Gasteiger partial charge in [-0.05, 0) is 47.2 Å². The molecule has 0 radical (unpaired) electrons. The van der Waals surface area contributed by atoms with Gasteiger partial charge in [0.1, 0.15) is 0 Å². The highest BCUT2D eigenvalue weighted by molar-refractivity contribution is 5.99. The second kappa shape index (κ2) is 6.12. The van der Waals surface area contributed by atoms with Gasteiger partial charge in [0, 0.05) is 25.2 Å². The summed E-state index contributed by atoms with van der Waals surface area (Å²) in [5.74, 6) is 0.118. The van der Waals surface area contributed by atoms with E-state index >= 15 is 0 Å². The Morgan fingerprint density at radius 3 is 2.39 bits per heavy atom. The Kier molecular flexibility index (Phi) is 3.69. The lowest BCUT2D eigenvalue weighted by molar-refractivity contribution is 0.0766. The Balaban J connectivity index is 1.39. The number of carbonyl (C=O) groups is 1. The highest BCUT2D eigenvalue weighted by Crippen LogP contribution is 2.36. The minimum atomic E-state index is -0.245. The molecule has 0 saturated heterocycles. The van der Waals surface area contributed by atoms with Crippen LogP contribution in [0, 0.1) is 0 Å². The van der Waals surface area contributed by atoms with Crippen LogP contribution in [0.5, 0.6) is 5.88 Å². The number of nitrogens with zero attached hydrogens (tertiary/aromatic N) is 3. The third-order valence-electron chi connectivity index (χ3n) is 5.67. The number of hydrogen-bond donors (Lipinski definition) is 1. The van der Waals surface area contributed by atoms with Crippen molar-refractivity contribution in [1.82, 2.24) is 14.0 Å². The molecule has 1 saturated carbocycles. The number of benzene rings is 2. The van der Waals surface area contributed by atoms with E-state index in [1.54, 1.807) is 7.05 Å². The number of aromatic nitrogens is 2. The lowest BCUT2D eigenvalue weighted by atomic mass is 9.99. The van der Waals surface area contributed by atoms with Crippen LogP contribution in [0.15, 0.2) is 53.5 Å². The number of imidazole rings is 1. The summed E-state index contributed by atoms with van der Waals surface area (Å²) in [5, 5.41) is 9.89. The average Bonchev–Trinajstić information content (AvgIpc) is 3.45. The number of amides is 1. The summed E-state index contributed by atoms with van der Waals surface area (Å²) in [6, 6.07) is 14.4. The molecule has 1 fully saturated rings. The molecule has 6 heteroatoms. The first kappa shape index (κ1) is 16.9. The topological polar surface area (TPSA) is 67.5 Å². The van der Waals surface area contributed by atoms with Crippen molar-refractivity contribution in [2.45, 2.75) is 32.0 Å². The molecule has 1 aliphatic heterocycles. The van der Waals surface area contributed by atoms with E-state index in [1.807, 2.05) is 41.3 Å². The Morgan fingerprint density at radius 1 is 1.04 bits per heavy atom. The largest absolute Gasteiger partial charge is 0.493 e. The number of rotatable bonds is 4. The van der Waals surface area contributed by atoms with Gasteiger partial charge in [-0.2, -0.15) is 0 Å². The van der Waals surface area contributed by atoms with Gasteiger partial charge in [-0.3, -0.25) is 13.9 Å². The van der Waals surface area contributed by atoms with E-state index in [-0.39, 0.29) is 17.5 Å². The minimum Gasteiger partial charge on any atom is -0.493 e. The molecule has 6 nitrogen and oxygen atoms in total. The van der Waals surface area contributed by atoms with Gasteiger partial charge in [0.25, 0.3) is 5.91 Å². The first-order valence-electron chi connectivity index (χ1n) is 9.49. The molecule has 3 aromatic rings. The Labute approximate surface area is 162 Å². The molecular formula is C22H21N3O3. The van der Waals surface area contributed by atoms with E-state index in [2.05, 4.69) is 6.07 Å². The Morgan fingerprint density at radius 2 is 1.75 bits per heavy atom. The summed E-state index contributed by atoms with van der Waals surface area (Å²) >= 11 is 0. The van der Waals surface area contributed by atoms with E-state index in [0.717, 1.165) is 40.7 Å². The number of fused-ring (bicyclic) bond motifs is 1. The average molecular weight is 375 g/mol. The van der Waals surface area contributed by atoms with Gasteiger partial charge in [0.15, 0.2) is 0 Å². The van der Waals surface area contributed by atoms with Crippen LogP contribution in [0.3, 0.4) is 0 Å². The molecule has 5 rings (SSSR count). The van der Waals surface area contributed by atoms with Crippen LogP contribution in [0.25, 0.3) is 11.1 Å². The fraction of sp³-hybridized carbons (Fsp3) is 0.273. The van der Waals surface area contributed by atoms with Crippen LogP contribution in [0.4, 0.5) is 0 Å². The smallest absolute Gasteiger partial charge is 0.331 e. The van der Waals surface area contributed by atoms with Crippen LogP contribution in [-0.2, 0) is 20.1 Å². The van der Waals surface area contributed by atoms with Crippen LogP contribution in [-0.4, -0.2) is 31.1 Å². The molecule has 28 heavy (non-hydrogen) atoms. The van der Waals surface area contributed by atoms with Crippen molar-refractivity contribution in [2.75, 3.05) is 0 Å². The quantitative estimate of drug-likeness (QED) is 0.762. The van der Waals surface area contributed by atoms with E-state index in [9.17, 15) is 14.7 Å². The molecule has 1 N–H and O–H groups in total. The molecule has 1 aliphatic carbocycles. The maximum Gasteiger partial charge on any atom is 0.331 e. The predicted molar refractivity (Wildman–Crippen MR) is 105 cm³/mol. The van der Waals surface area contributed by atoms with Gasteiger partial charge in [-0.25, -0.2) is 4.79 Å². The van der Waals surface area contributed by atoms with Crippen LogP contribution in [0.2, 0.25) is 0 Å². The summed E-state index contributed by atoms with van der Waals surface area (Å²) in [7, 11) is 1.62. The molecule has 2 aromatic carbocycles. The third-order valence-corrected chi connectivity index (χ3v) is 5.67. The van der Waals surface area contributed by atoms with Crippen molar-refractivity contribution in [3.05, 3.63) is 75.8 Å². The molecule has 2 heterocycles. The molecule has 1 amide bonds. The molecular weight excluding hydrogens is 354 g/mol. The van der Waals surface area contributed by atoms with Crippen molar-refractivity contribution in [3.63, 3.8) is 0 Å². The van der Waals surface area contributed by atoms with Crippen molar-refractivity contribution >= 4 is 5.91 Å². The summed E-state index contributed by atoms with van der Waals surface area (Å²) in [4.78, 5) is 26.5. The highest BCUT2D eigenvalue weighted by Gasteiger charge is 2.38. The van der Waals surface area contributed by atoms with Crippen LogP contribution >= 0.6 is 0 Å². The van der Waals surface area contributed by atoms with Crippen LogP contribution < -0.4 is 5.69 Å². The zero-order chi connectivity index (χ0) is 19.4. The number of aromatic hydroxyl groups is 1. The van der Waals surface area contributed by atoms with Crippen molar-refractivity contribution < 1.29 is 9.90 Å². The molecule has 0 bridgehead atoms. The third kappa shape index (κ3) is 2.72. The van der Waals surface area contributed by atoms with E-state index < -0.39 is 0 Å². The number of aryl methyl sites for hydroxylation is 1. The van der Waals surface area contributed by atoms with E-state index in [0.29, 0.717) is 19.1 Å². The van der Waals surface area contributed by atoms with Gasteiger partial charge in [0.05, 0.1) is 12.7 Å². The highest BCUT2D eigenvalue weighted by atomic mass is 16.3. The SMILES string of the molecule is Cn1cc(O)n(Cc2ccc(-c3ccc4c(c3)CN(C3CC3)C4=O)cc2)c1=O. The summed E-state index contributed by atoms with van der Waals surface area (Å²) in [6.07, 6.45) is 3.65. The lowest BCUT2D eigenvalue weighted by Crippen LogP contribution is -2.25. The predicted octanol–water partition coefficient (Wildman–Crippen LogP) is 2.73. The molecule has 0 atom stereocenters. The van der Waals surface area contributed by atoms with Gasteiger partial charge < -0.3 is 10.0 Å². The van der Waals surface area contributed by atoms with Gasteiger partial charge in [-0.15, -0.1) is 0 Å². The van der Waals surface area contributed by atoms with E-state index in [1.165, 1.54) is 15.3 Å². The van der Waals surface area contributed by atoms with Crippen molar-refractivity contribution in [1.29, 1.82) is 0 Å². The molecule has 2 aliphatic rings. The maximum atomic E-state index is 12.5. The van der Waals surface area contributed by atoms with Gasteiger partial charge in [0.2, 0.25) is 5.88 Å². The Hall–Kier alpha value is -3.28. The minimum absolute atomic E-state index is 0.0416. The summed E-state index contributed by atoms with van der Waals surface area (Å²) in [6.45, 7) is 1.03. The first-order valence-corrected chi connectivity index (χ1v) is 9.49. The molecule has 1 aromatic heterocycles. The normalized spacial score (nSPS) is 15.9. The molecule has 0 unspecified atom stereocenters. The fourth-order valence-electron chi connectivity index (χ4n) is 3.92. The number of hydrogen-bond acceptors (Lipinski definition) is 3. The first-order chi connectivity index (χ1) is 13.5. The zero-order valence-corrected chi connectivity index (χ0v) is 15.6. The lowest BCUT2D eigenvalue weighted by Gasteiger charge is -2.13. The standard InChI is InChI=1S/C22H21N3O3/c1-23-13-20(26)25(22(23)28)11-14-2-4-15(5-3-14)16-6-9-19-17(10-16)12-24(21(19)27)18-7-8-18/h2-6,9-10,13,18,26H,7-8,11-12H2,1H3. The molecule has 0 spiro atoms. The fourth-order valence-corrected chi connectivity index (χ4v) is 3.92. The monoisotopic (exact) mass is 375 g/mol. The maximum absolute atomic E-state index is 12.5. The number of carbonyl (C=O) groups excluding carboxylic acids is 1. The van der Waals surface area contributed by atoms with Gasteiger partial charge in [-0.1, -0.05) is 30.3 Å². The summed E-state index contributed by atoms with van der Waals surface area (Å²) in [5.41, 5.74) is 4.75. The van der Waals surface area contributed by atoms with Crippen LogP contribution in [0.1, 0.15) is 34.3 Å². The second-order valence-electron chi connectivity index (χ2n) is 7.70.